The van der Waals surface area contributed by atoms with E-state index >= 15 is 0 Å². The number of allylic oxidation sites excluding steroid dienone is 3. The molecule has 0 N–H and O–H groups in total. The Balaban J connectivity index is 1.72. The maximum atomic E-state index is 6.32. The highest BCUT2D eigenvalue weighted by molar-refractivity contribution is 7.18. The van der Waals surface area contributed by atoms with E-state index < -0.39 is 0 Å². The van der Waals surface area contributed by atoms with Crippen LogP contribution in [0.2, 0.25) is 0 Å². The fourth-order valence-corrected chi connectivity index (χ4v) is 4.15. The molecule has 3 unspecified atom stereocenters. The van der Waals surface area contributed by atoms with Crippen molar-refractivity contribution in [1.82, 2.24) is 4.90 Å². The van der Waals surface area contributed by atoms with Crippen LogP contribution in [0.25, 0.3) is 0 Å². The van der Waals surface area contributed by atoms with E-state index in [9.17, 15) is 0 Å². The van der Waals surface area contributed by atoms with Gasteiger partial charge in [0.15, 0.2) is 0 Å². The Morgan fingerprint density at radius 3 is 2.88 bits per heavy atom. The van der Waals surface area contributed by atoms with Gasteiger partial charge in [0, 0.05) is 50.5 Å². The molecular formula is C20H29N2O2P. The molecule has 0 radical (unpaired) electrons. The third-order valence-electron chi connectivity index (χ3n) is 4.99. The zero-order valence-electron chi connectivity index (χ0n) is 15.2. The molecule has 0 amide bonds. The van der Waals surface area contributed by atoms with E-state index in [1.165, 1.54) is 24.1 Å². The minimum absolute atomic E-state index is 0.0186. The van der Waals surface area contributed by atoms with Crippen LogP contribution < -0.4 is 0 Å². The van der Waals surface area contributed by atoms with E-state index in [-0.39, 0.29) is 11.8 Å². The summed E-state index contributed by atoms with van der Waals surface area (Å²) < 4.78 is 12.0. The Bertz CT molecular complexity index is 615. The first-order valence-corrected chi connectivity index (χ1v) is 9.80. The molecule has 0 aromatic carbocycles. The summed E-state index contributed by atoms with van der Waals surface area (Å²) in [5.74, 6) is 0.968. The number of likely N-dealkylation sites (N-methyl/N-ethyl adjacent to an activating group) is 1. The molecule has 0 spiro atoms. The lowest BCUT2D eigenvalue weighted by Gasteiger charge is -2.33. The predicted octanol–water partition coefficient (Wildman–Crippen LogP) is 3.83. The molecule has 3 atom stereocenters. The number of hydrogen-bond acceptors (Lipinski definition) is 4. The Kier molecular flexibility index (Phi) is 6.50. The van der Waals surface area contributed by atoms with E-state index in [2.05, 4.69) is 50.5 Å². The van der Waals surface area contributed by atoms with Gasteiger partial charge >= 0.3 is 0 Å². The number of rotatable bonds is 6. The fraction of sp³-hybridized carbons (Fsp3) is 0.550. The van der Waals surface area contributed by atoms with Crippen molar-refractivity contribution in [3.8, 4) is 0 Å². The lowest BCUT2D eigenvalue weighted by atomic mass is 10.0. The predicted molar refractivity (Wildman–Crippen MR) is 107 cm³/mol. The maximum Gasteiger partial charge on any atom is 0.128 e. The first-order valence-electron chi connectivity index (χ1n) is 9.13. The van der Waals surface area contributed by atoms with Gasteiger partial charge in [-0.2, -0.15) is 0 Å². The van der Waals surface area contributed by atoms with Crippen molar-refractivity contribution < 1.29 is 9.47 Å². The summed E-state index contributed by atoms with van der Waals surface area (Å²) in [7, 11) is 6.79. The van der Waals surface area contributed by atoms with Gasteiger partial charge in [0.05, 0.1) is 6.10 Å². The average molecular weight is 360 g/mol. The zero-order valence-corrected chi connectivity index (χ0v) is 16.4. The molecule has 0 aromatic rings. The molecule has 0 bridgehead atoms. The van der Waals surface area contributed by atoms with Gasteiger partial charge in [-0.1, -0.05) is 12.2 Å². The lowest BCUT2D eigenvalue weighted by molar-refractivity contribution is 0.0332. The summed E-state index contributed by atoms with van der Waals surface area (Å²) in [6.45, 7) is 0.879. The summed E-state index contributed by atoms with van der Waals surface area (Å²) in [5, 5.41) is 0. The van der Waals surface area contributed by atoms with Crippen LogP contribution >= 0.6 is 9.24 Å². The molecule has 136 valence electrons. The minimum Gasteiger partial charge on any atom is -0.492 e. The molecule has 1 heterocycles. The van der Waals surface area contributed by atoms with Crippen molar-refractivity contribution in [2.75, 3.05) is 20.7 Å². The second-order valence-corrected chi connectivity index (χ2v) is 7.73. The second kappa shape index (κ2) is 8.82. The normalized spacial score (nSPS) is 26.8. The Morgan fingerprint density at radius 1 is 1.32 bits per heavy atom. The number of ether oxygens (including phenoxy) is 2. The second-order valence-electron chi connectivity index (χ2n) is 6.96. The smallest absolute Gasteiger partial charge is 0.128 e. The van der Waals surface area contributed by atoms with Crippen molar-refractivity contribution in [1.29, 1.82) is 0 Å². The van der Waals surface area contributed by atoms with Gasteiger partial charge in [-0.25, -0.2) is 0 Å². The molecule has 25 heavy (non-hydrogen) atoms. The zero-order chi connectivity index (χ0) is 17.6. The van der Waals surface area contributed by atoms with Crippen LogP contribution in [0.4, 0.5) is 0 Å². The van der Waals surface area contributed by atoms with Crippen LogP contribution in [-0.2, 0) is 9.47 Å². The number of aliphatic imine (C=N–C) groups is 1. The monoisotopic (exact) mass is 360 g/mol. The molecule has 1 fully saturated rings. The molecule has 3 aliphatic rings. The molecule has 4 nitrogen and oxygen atoms in total. The quantitative estimate of drug-likeness (QED) is 0.675. The van der Waals surface area contributed by atoms with E-state index in [1.54, 1.807) is 7.11 Å². The van der Waals surface area contributed by atoms with Gasteiger partial charge in [0.1, 0.15) is 11.9 Å². The molecule has 3 rings (SSSR count). The summed E-state index contributed by atoms with van der Waals surface area (Å²) in [6.07, 6.45) is 18.5. The highest BCUT2D eigenvalue weighted by Gasteiger charge is 2.29. The van der Waals surface area contributed by atoms with Crippen molar-refractivity contribution in [2.24, 2.45) is 4.99 Å². The molecule has 1 aliphatic heterocycles. The van der Waals surface area contributed by atoms with Gasteiger partial charge in [0.25, 0.3) is 0 Å². The molecule has 2 aliphatic carbocycles. The minimum atomic E-state index is -0.0186. The molecular weight excluding hydrogens is 331 g/mol. The Morgan fingerprint density at radius 2 is 2.12 bits per heavy atom. The highest BCUT2D eigenvalue weighted by atomic mass is 31.0. The molecule has 0 saturated heterocycles. The van der Waals surface area contributed by atoms with Gasteiger partial charge in [-0.15, -0.1) is 9.24 Å². The van der Waals surface area contributed by atoms with Gasteiger partial charge < -0.3 is 14.4 Å². The van der Waals surface area contributed by atoms with Crippen molar-refractivity contribution in [3.63, 3.8) is 0 Å². The molecule has 0 aromatic heterocycles. The van der Waals surface area contributed by atoms with E-state index in [1.807, 2.05) is 12.4 Å². The van der Waals surface area contributed by atoms with Crippen LogP contribution in [0, 0.1) is 0 Å². The van der Waals surface area contributed by atoms with Gasteiger partial charge in [-0.05, 0) is 43.8 Å². The van der Waals surface area contributed by atoms with Crippen molar-refractivity contribution in [3.05, 3.63) is 47.5 Å². The van der Waals surface area contributed by atoms with Crippen LogP contribution in [0.1, 0.15) is 32.1 Å². The fourth-order valence-electron chi connectivity index (χ4n) is 3.61. The third-order valence-corrected chi connectivity index (χ3v) is 5.53. The Hall–Kier alpha value is -1.38. The number of hydrogen-bond donors (Lipinski definition) is 0. The van der Waals surface area contributed by atoms with E-state index in [4.69, 9.17) is 9.47 Å². The first kappa shape index (κ1) is 18.4. The number of methoxy groups -OCH3 is 1. The summed E-state index contributed by atoms with van der Waals surface area (Å²) >= 11 is 0. The molecule has 5 heteroatoms. The summed E-state index contributed by atoms with van der Waals surface area (Å²) in [6, 6.07) is 0. The largest absolute Gasteiger partial charge is 0.492 e. The standard InChI is InChI=1S/C20H29N2O2P/c1-22(14-15-6-5-10-21-11-9-15)16-12-18(20(23-2)19(25)13-16)24-17-7-3-4-8-17/h5,9-13,17,19-20H,3-4,6-8,14,25H2,1-2H3. The van der Waals surface area contributed by atoms with Gasteiger partial charge in [-0.3, -0.25) is 4.99 Å². The lowest BCUT2D eigenvalue weighted by Crippen LogP contribution is -2.33. The van der Waals surface area contributed by atoms with Crippen LogP contribution in [0.15, 0.2) is 52.5 Å². The van der Waals surface area contributed by atoms with Crippen LogP contribution in [-0.4, -0.2) is 49.7 Å². The van der Waals surface area contributed by atoms with Crippen LogP contribution in [0.5, 0.6) is 0 Å². The van der Waals surface area contributed by atoms with Crippen LogP contribution in [0.3, 0.4) is 0 Å². The van der Waals surface area contributed by atoms with Crippen molar-refractivity contribution in [2.45, 2.75) is 50.0 Å². The SMILES string of the molecule is COC1C(OC2CCCC2)=CC(N(C)CC2=CC=NC=CC2)=CC1P. The average Bonchev–Trinajstić information content (AvgIpc) is 2.97. The molecule has 1 saturated carbocycles. The third kappa shape index (κ3) is 4.83. The summed E-state index contributed by atoms with van der Waals surface area (Å²) in [5.41, 5.74) is 2.75. The van der Waals surface area contributed by atoms with E-state index in [0.717, 1.165) is 31.6 Å². The van der Waals surface area contributed by atoms with Gasteiger partial charge in [0.2, 0.25) is 0 Å². The maximum absolute atomic E-state index is 6.32. The highest BCUT2D eigenvalue weighted by Crippen LogP contribution is 2.32. The van der Waals surface area contributed by atoms with Crippen molar-refractivity contribution >= 4 is 15.5 Å². The number of nitrogens with zero attached hydrogens (tertiary/aromatic N) is 2. The topological polar surface area (TPSA) is 34.1 Å². The Labute approximate surface area is 153 Å². The van der Waals surface area contributed by atoms with E-state index in [0.29, 0.717) is 6.10 Å². The first-order chi connectivity index (χ1) is 12.2. The summed E-state index contributed by atoms with van der Waals surface area (Å²) in [4.78, 5) is 6.45.